The van der Waals surface area contributed by atoms with Crippen LogP contribution in [0.2, 0.25) is 5.02 Å². The first-order valence-corrected chi connectivity index (χ1v) is 9.95. The van der Waals surface area contributed by atoms with Crippen molar-refractivity contribution in [3.8, 4) is 11.8 Å². The van der Waals surface area contributed by atoms with Crippen LogP contribution in [0.25, 0.3) is 11.6 Å². The fraction of sp³-hybridized carbons (Fsp3) is 0.0455. The third-order valence-electron chi connectivity index (χ3n) is 4.06. The summed E-state index contributed by atoms with van der Waals surface area (Å²) in [5.41, 5.74) is 2.60. The van der Waals surface area contributed by atoms with Gasteiger partial charge in [-0.05, 0) is 69.6 Å². The summed E-state index contributed by atoms with van der Waals surface area (Å²) in [7, 11) is 0. The van der Waals surface area contributed by atoms with Crippen LogP contribution < -0.4 is 4.74 Å². The Morgan fingerprint density at radius 2 is 1.93 bits per heavy atom. The maximum Gasteiger partial charge on any atom is 0.270 e. The molecule has 0 bridgehead atoms. The van der Waals surface area contributed by atoms with E-state index in [0.717, 1.165) is 20.4 Å². The average molecular weight is 517 g/mol. The summed E-state index contributed by atoms with van der Waals surface area (Å²) in [6.45, 7) is 0.416. The first-order valence-electron chi connectivity index (χ1n) is 8.49. The van der Waals surface area contributed by atoms with Crippen molar-refractivity contribution in [1.82, 2.24) is 0 Å². The summed E-state index contributed by atoms with van der Waals surface area (Å²) >= 11 is 8.06. The zero-order valence-electron chi connectivity index (χ0n) is 15.0. The van der Waals surface area contributed by atoms with E-state index >= 15 is 0 Å². The summed E-state index contributed by atoms with van der Waals surface area (Å²) in [5.74, 6) is 0.728. The number of hydrogen-bond donors (Lipinski definition) is 0. The van der Waals surface area contributed by atoms with Crippen molar-refractivity contribution < 1.29 is 9.66 Å². The van der Waals surface area contributed by atoms with Gasteiger partial charge in [-0.1, -0.05) is 41.9 Å². The van der Waals surface area contributed by atoms with E-state index < -0.39 is 4.92 Å². The normalized spacial score (nSPS) is 11.0. The predicted octanol–water partition coefficient (Wildman–Crippen LogP) is 6.50. The Bertz CT molecular complexity index is 1120. The van der Waals surface area contributed by atoms with Crippen molar-refractivity contribution >= 4 is 51.5 Å². The topological polar surface area (TPSA) is 76.2 Å². The zero-order chi connectivity index (χ0) is 20.8. The maximum absolute atomic E-state index is 11.0. The van der Waals surface area contributed by atoms with Gasteiger partial charge in [0.15, 0.2) is 0 Å². The van der Waals surface area contributed by atoms with Crippen molar-refractivity contribution in [3.63, 3.8) is 0 Å². The van der Waals surface area contributed by atoms with E-state index in [1.165, 1.54) is 12.1 Å². The van der Waals surface area contributed by atoms with Gasteiger partial charge in [-0.3, -0.25) is 10.1 Å². The molecule has 0 aliphatic carbocycles. The van der Waals surface area contributed by atoms with Crippen LogP contribution in [0, 0.1) is 25.0 Å². The van der Waals surface area contributed by atoms with Crippen molar-refractivity contribution in [1.29, 1.82) is 5.26 Å². The first kappa shape index (κ1) is 20.8. The number of nitrogens with zero attached hydrogens (tertiary/aromatic N) is 2. The van der Waals surface area contributed by atoms with Gasteiger partial charge in [0.1, 0.15) is 12.4 Å². The number of nitro groups is 1. The first-order chi connectivity index (χ1) is 14.0. The fourth-order valence-corrected chi connectivity index (χ4v) is 3.42. The number of allylic oxidation sites excluding steroid dienone is 1. The highest BCUT2D eigenvalue weighted by Gasteiger charge is 2.10. The second-order valence-electron chi connectivity index (χ2n) is 6.08. The zero-order valence-corrected chi connectivity index (χ0v) is 17.9. The SMILES string of the molecule is N#C/C(=C/c1ccc(OCc2ccc(Cl)cc2)c(I)c1)c1cccc([N+](=O)[O-])c1. The molecule has 3 aromatic carbocycles. The Kier molecular flexibility index (Phi) is 6.86. The average Bonchev–Trinajstić information content (AvgIpc) is 2.72. The van der Waals surface area contributed by atoms with Gasteiger partial charge >= 0.3 is 0 Å². The highest BCUT2D eigenvalue weighted by Crippen LogP contribution is 2.27. The second-order valence-corrected chi connectivity index (χ2v) is 7.68. The molecule has 7 heteroatoms. The quantitative estimate of drug-likeness (QED) is 0.123. The molecule has 0 atom stereocenters. The third kappa shape index (κ3) is 5.56. The van der Waals surface area contributed by atoms with Crippen LogP contribution in [-0.2, 0) is 6.61 Å². The monoisotopic (exact) mass is 516 g/mol. The van der Waals surface area contributed by atoms with Crippen LogP contribution in [0.4, 0.5) is 5.69 Å². The van der Waals surface area contributed by atoms with Crippen LogP contribution in [0.5, 0.6) is 5.75 Å². The van der Waals surface area contributed by atoms with Gasteiger partial charge in [-0.2, -0.15) is 5.26 Å². The van der Waals surface area contributed by atoms with Crippen molar-refractivity contribution in [2.75, 3.05) is 0 Å². The Morgan fingerprint density at radius 1 is 1.17 bits per heavy atom. The minimum Gasteiger partial charge on any atom is -0.488 e. The van der Waals surface area contributed by atoms with Crippen LogP contribution in [0.1, 0.15) is 16.7 Å². The predicted molar refractivity (Wildman–Crippen MR) is 122 cm³/mol. The number of halogens is 2. The lowest BCUT2D eigenvalue weighted by atomic mass is 10.0. The molecule has 0 saturated heterocycles. The molecule has 0 aliphatic rings. The maximum atomic E-state index is 11.0. The number of ether oxygens (including phenoxy) is 1. The Morgan fingerprint density at radius 3 is 2.59 bits per heavy atom. The van der Waals surface area contributed by atoms with E-state index in [2.05, 4.69) is 28.7 Å². The molecule has 0 N–H and O–H groups in total. The molecule has 0 unspecified atom stereocenters. The highest BCUT2D eigenvalue weighted by atomic mass is 127. The third-order valence-corrected chi connectivity index (χ3v) is 5.16. The van der Waals surface area contributed by atoms with E-state index in [1.54, 1.807) is 18.2 Å². The molecule has 0 heterocycles. The summed E-state index contributed by atoms with van der Waals surface area (Å²) in [5, 5.41) is 21.1. The molecule has 3 aromatic rings. The number of nitriles is 1. The lowest BCUT2D eigenvalue weighted by Crippen LogP contribution is -1.97. The number of non-ortho nitro benzene ring substituents is 1. The van der Waals surface area contributed by atoms with Crippen LogP contribution in [0.15, 0.2) is 66.7 Å². The molecular weight excluding hydrogens is 503 g/mol. The van der Waals surface area contributed by atoms with Crippen LogP contribution >= 0.6 is 34.2 Å². The van der Waals surface area contributed by atoms with Crippen LogP contribution in [0.3, 0.4) is 0 Å². The molecule has 0 saturated carbocycles. The number of hydrogen-bond acceptors (Lipinski definition) is 4. The summed E-state index contributed by atoms with van der Waals surface area (Å²) in [6, 6.07) is 21.2. The molecule has 0 aliphatic heterocycles. The van der Waals surface area contributed by atoms with Gasteiger partial charge < -0.3 is 4.74 Å². The van der Waals surface area contributed by atoms with E-state index in [0.29, 0.717) is 22.8 Å². The number of nitro benzene ring substituents is 1. The molecule has 3 rings (SSSR count). The van der Waals surface area contributed by atoms with E-state index in [4.69, 9.17) is 16.3 Å². The van der Waals surface area contributed by atoms with Gasteiger partial charge in [0.25, 0.3) is 5.69 Å². The molecule has 29 heavy (non-hydrogen) atoms. The minimum absolute atomic E-state index is 0.0517. The van der Waals surface area contributed by atoms with Crippen molar-refractivity contribution in [2.45, 2.75) is 6.61 Å². The van der Waals surface area contributed by atoms with E-state index in [9.17, 15) is 15.4 Å². The summed E-state index contributed by atoms with van der Waals surface area (Å²) < 4.78 is 6.75. The van der Waals surface area contributed by atoms with Gasteiger partial charge in [0, 0.05) is 17.2 Å². The molecule has 5 nitrogen and oxygen atoms in total. The standard InChI is InChI=1S/C22H14ClIN2O3/c23-19-7-4-15(5-8-19)14-29-22-9-6-16(11-21(22)24)10-18(13-25)17-2-1-3-20(12-17)26(27)28/h1-12H,14H2/b18-10-. The second kappa shape index (κ2) is 9.54. The van der Waals surface area contributed by atoms with Crippen molar-refractivity contribution in [3.05, 3.63) is 102 Å². The van der Waals surface area contributed by atoms with E-state index in [-0.39, 0.29) is 5.69 Å². The molecule has 0 aromatic heterocycles. The largest absolute Gasteiger partial charge is 0.488 e. The molecule has 0 amide bonds. The summed E-state index contributed by atoms with van der Waals surface area (Å²) in [4.78, 5) is 10.5. The summed E-state index contributed by atoms with van der Waals surface area (Å²) in [6.07, 6.45) is 1.70. The smallest absolute Gasteiger partial charge is 0.270 e. The molecule has 0 fully saturated rings. The lowest BCUT2D eigenvalue weighted by molar-refractivity contribution is -0.384. The highest BCUT2D eigenvalue weighted by molar-refractivity contribution is 14.1. The molecule has 144 valence electrons. The minimum atomic E-state index is -0.478. The van der Waals surface area contributed by atoms with E-state index in [1.807, 2.05) is 42.5 Å². The van der Waals surface area contributed by atoms with Gasteiger partial charge in [-0.15, -0.1) is 0 Å². The van der Waals surface area contributed by atoms with Crippen molar-refractivity contribution in [2.24, 2.45) is 0 Å². The molecule has 0 spiro atoms. The fourth-order valence-electron chi connectivity index (χ4n) is 2.60. The van der Waals surface area contributed by atoms with Gasteiger partial charge in [-0.25, -0.2) is 0 Å². The Labute approximate surface area is 186 Å². The lowest BCUT2D eigenvalue weighted by Gasteiger charge is -2.09. The van der Waals surface area contributed by atoms with Crippen LogP contribution in [-0.4, -0.2) is 4.92 Å². The van der Waals surface area contributed by atoms with Gasteiger partial charge in [0.2, 0.25) is 0 Å². The number of rotatable bonds is 6. The molecular formula is C22H14ClIN2O3. The van der Waals surface area contributed by atoms with Gasteiger partial charge in [0.05, 0.1) is 20.1 Å². The Balaban J connectivity index is 1.79. The number of benzene rings is 3. The molecule has 0 radical (unpaired) electrons. The Hall–Kier alpha value is -2.89.